The van der Waals surface area contributed by atoms with Crippen LogP contribution in [0, 0.1) is 19.8 Å². The normalized spacial score (nSPS) is 19.5. The van der Waals surface area contributed by atoms with Crippen LogP contribution in [0.1, 0.15) is 28.4 Å². The van der Waals surface area contributed by atoms with Gasteiger partial charge in [0.05, 0.1) is 17.2 Å². The third kappa shape index (κ3) is 3.51. The van der Waals surface area contributed by atoms with E-state index >= 15 is 0 Å². The molecule has 1 unspecified atom stereocenters. The highest BCUT2D eigenvalue weighted by Gasteiger charge is 2.19. The monoisotopic (exact) mass is 254 g/mol. The summed E-state index contributed by atoms with van der Waals surface area (Å²) in [6.07, 6.45) is 1.59. The molecule has 1 atom stereocenters. The van der Waals surface area contributed by atoms with Crippen LogP contribution in [0.2, 0.25) is 0 Å². The molecular formula is C12H18N2O2S. The maximum absolute atomic E-state index is 11.7. The predicted molar refractivity (Wildman–Crippen MR) is 67.0 cm³/mol. The van der Waals surface area contributed by atoms with E-state index in [0.717, 1.165) is 35.2 Å². The molecule has 1 N–H and O–H groups in total. The minimum Gasteiger partial charge on any atom is -0.381 e. The van der Waals surface area contributed by atoms with Crippen LogP contribution in [0.15, 0.2) is 0 Å². The van der Waals surface area contributed by atoms with E-state index in [2.05, 4.69) is 10.3 Å². The molecule has 5 heteroatoms. The highest BCUT2D eigenvalue weighted by atomic mass is 32.1. The van der Waals surface area contributed by atoms with E-state index < -0.39 is 0 Å². The lowest BCUT2D eigenvalue weighted by atomic mass is 10.1. The minimum atomic E-state index is 0.117. The molecule has 4 nitrogen and oxygen atoms in total. The molecule has 0 spiro atoms. The molecule has 0 aromatic carbocycles. The van der Waals surface area contributed by atoms with Gasteiger partial charge in [-0.25, -0.2) is 4.98 Å². The first-order valence-electron chi connectivity index (χ1n) is 5.92. The van der Waals surface area contributed by atoms with Crippen molar-refractivity contribution in [1.29, 1.82) is 0 Å². The van der Waals surface area contributed by atoms with Crippen LogP contribution in [0.3, 0.4) is 0 Å². The minimum absolute atomic E-state index is 0.117. The molecule has 1 amide bonds. The van der Waals surface area contributed by atoms with Gasteiger partial charge in [0.1, 0.15) is 0 Å². The summed E-state index contributed by atoms with van der Waals surface area (Å²) in [6.45, 7) is 6.09. The number of aromatic nitrogens is 1. The second-order valence-electron chi connectivity index (χ2n) is 4.45. The number of carbonyl (C=O) groups excluding carboxylic acids is 1. The molecule has 2 rings (SSSR count). The van der Waals surface area contributed by atoms with Crippen LogP contribution in [-0.4, -0.2) is 24.1 Å². The number of carbonyl (C=O) groups is 1. The van der Waals surface area contributed by atoms with Crippen LogP contribution in [0.25, 0.3) is 0 Å². The summed E-state index contributed by atoms with van der Waals surface area (Å²) in [5, 5.41) is 4.01. The molecule has 1 aliphatic heterocycles. The lowest BCUT2D eigenvalue weighted by Crippen LogP contribution is -2.25. The first-order valence-corrected chi connectivity index (χ1v) is 6.74. The van der Waals surface area contributed by atoms with Gasteiger partial charge >= 0.3 is 0 Å². The van der Waals surface area contributed by atoms with Crippen molar-refractivity contribution in [3.8, 4) is 0 Å². The largest absolute Gasteiger partial charge is 0.381 e. The van der Waals surface area contributed by atoms with Gasteiger partial charge in [-0.2, -0.15) is 0 Å². The second kappa shape index (κ2) is 5.60. The van der Waals surface area contributed by atoms with Crippen LogP contribution in [0.5, 0.6) is 0 Å². The number of ether oxygens (including phenoxy) is 1. The molecule has 1 aromatic rings. The van der Waals surface area contributed by atoms with Gasteiger partial charge in [-0.1, -0.05) is 0 Å². The Bertz CT molecular complexity index is 397. The Morgan fingerprint density at radius 1 is 1.59 bits per heavy atom. The summed E-state index contributed by atoms with van der Waals surface area (Å²) < 4.78 is 5.26. The number of amides is 1. The Morgan fingerprint density at radius 2 is 2.41 bits per heavy atom. The van der Waals surface area contributed by atoms with E-state index in [1.54, 1.807) is 11.3 Å². The predicted octanol–water partition coefficient (Wildman–Crippen LogP) is 1.80. The van der Waals surface area contributed by atoms with E-state index in [0.29, 0.717) is 18.9 Å². The van der Waals surface area contributed by atoms with Crippen molar-refractivity contribution < 1.29 is 9.53 Å². The van der Waals surface area contributed by atoms with Crippen LogP contribution < -0.4 is 5.32 Å². The smallest absolute Gasteiger partial charge is 0.220 e. The van der Waals surface area contributed by atoms with E-state index in [-0.39, 0.29) is 5.91 Å². The molecule has 94 valence electrons. The van der Waals surface area contributed by atoms with E-state index in [9.17, 15) is 4.79 Å². The Hall–Kier alpha value is -0.940. The van der Waals surface area contributed by atoms with Crippen molar-refractivity contribution in [2.75, 3.05) is 13.2 Å². The molecule has 17 heavy (non-hydrogen) atoms. The van der Waals surface area contributed by atoms with Crippen LogP contribution in [0.4, 0.5) is 0 Å². The number of hydrogen-bond donors (Lipinski definition) is 1. The topological polar surface area (TPSA) is 51.2 Å². The first kappa shape index (κ1) is 12.5. The summed E-state index contributed by atoms with van der Waals surface area (Å²) in [5.74, 6) is 0.519. The van der Waals surface area contributed by atoms with Gasteiger partial charge in [-0.3, -0.25) is 4.79 Å². The van der Waals surface area contributed by atoms with E-state index in [4.69, 9.17) is 4.74 Å². The lowest BCUT2D eigenvalue weighted by molar-refractivity contribution is -0.122. The van der Waals surface area contributed by atoms with Gasteiger partial charge in [0.2, 0.25) is 5.91 Å². The highest BCUT2D eigenvalue weighted by Crippen LogP contribution is 2.18. The van der Waals surface area contributed by atoms with Crippen molar-refractivity contribution in [1.82, 2.24) is 10.3 Å². The fraction of sp³-hybridized carbons (Fsp3) is 0.667. The first-order chi connectivity index (χ1) is 8.15. The number of thiazole rings is 1. The summed E-state index contributed by atoms with van der Waals surface area (Å²) in [4.78, 5) is 17.2. The van der Waals surface area contributed by atoms with Gasteiger partial charge in [-0.15, -0.1) is 11.3 Å². The average Bonchev–Trinajstić information content (AvgIpc) is 2.86. The van der Waals surface area contributed by atoms with Crippen molar-refractivity contribution in [2.24, 2.45) is 5.92 Å². The zero-order chi connectivity index (χ0) is 12.3. The fourth-order valence-corrected chi connectivity index (χ4v) is 2.87. The molecule has 1 aromatic heterocycles. The molecule has 1 saturated heterocycles. The Kier molecular flexibility index (Phi) is 4.12. The molecule has 1 fully saturated rings. The van der Waals surface area contributed by atoms with Gasteiger partial charge in [0.15, 0.2) is 0 Å². The maximum Gasteiger partial charge on any atom is 0.220 e. The number of aryl methyl sites for hydroxylation is 2. The third-order valence-electron chi connectivity index (χ3n) is 2.94. The molecule has 1 aliphatic rings. The molecule has 0 bridgehead atoms. The van der Waals surface area contributed by atoms with Crippen molar-refractivity contribution in [3.05, 3.63) is 15.6 Å². The van der Waals surface area contributed by atoms with Crippen molar-refractivity contribution in [3.63, 3.8) is 0 Å². The van der Waals surface area contributed by atoms with Crippen LogP contribution >= 0.6 is 11.3 Å². The number of hydrogen-bond acceptors (Lipinski definition) is 4. The summed E-state index contributed by atoms with van der Waals surface area (Å²) in [5.41, 5.74) is 1.02. The molecular weight excluding hydrogens is 236 g/mol. The molecule has 0 saturated carbocycles. The number of nitrogens with zero attached hydrogens (tertiary/aromatic N) is 1. The summed E-state index contributed by atoms with van der Waals surface area (Å²) in [6, 6.07) is 0. The van der Waals surface area contributed by atoms with Crippen molar-refractivity contribution in [2.45, 2.75) is 33.2 Å². The van der Waals surface area contributed by atoms with Crippen LogP contribution in [-0.2, 0) is 16.1 Å². The fourth-order valence-electron chi connectivity index (χ4n) is 2.00. The lowest BCUT2D eigenvalue weighted by Gasteiger charge is -2.07. The number of nitrogens with one attached hydrogen (secondary N) is 1. The van der Waals surface area contributed by atoms with E-state index in [1.807, 2.05) is 13.8 Å². The SMILES string of the molecule is Cc1nc(C)c(CNC(=O)CC2CCOC2)s1. The Balaban J connectivity index is 1.77. The quantitative estimate of drug-likeness (QED) is 0.891. The standard InChI is InChI=1S/C12H18N2O2S/c1-8-11(17-9(2)14-8)6-13-12(15)5-10-3-4-16-7-10/h10H,3-7H2,1-2H3,(H,13,15). The Labute approximate surface area is 105 Å². The zero-order valence-electron chi connectivity index (χ0n) is 10.3. The molecule has 0 radical (unpaired) electrons. The van der Waals surface area contributed by atoms with Gasteiger partial charge in [-0.05, 0) is 26.2 Å². The highest BCUT2D eigenvalue weighted by molar-refractivity contribution is 7.11. The maximum atomic E-state index is 11.7. The Morgan fingerprint density at radius 3 is 3.00 bits per heavy atom. The zero-order valence-corrected chi connectivity index (χ0v) is 11.1. The third-order valence-corrected chi connectivity index (χ3v) is 4.02. The van der Waals surface area contributed by atoms with Gasteiger partial charge in [0.25, 0.3) is 0 Å². The van der Waals surface area contributed by atoms with Gasteiger partial charge < -0.3 is 10.1 Å². The number of rotatable bonds is 4. The van der Waals surface area contributed by atoms with E-state index in [1.165, 1.54) is 0 Å². The molecule has 2 heterocycles. The second-order valence-corrected chi connectivity index (χ2v) is 5.74. The average molecular weight is 254 g/mol. The van der Waals surface area contributed by atoms with Crippen molar-refractivity contribution >= 4 is 17.2 Å². The van der Waals surface area contributed by atoms with Gasteiger partial charge in [0, 0.05) is 24.5 Å². The molecule has 0 aliphatic carbocycles. The summed E-state index contributed by atoms with van der Waals surface area (Å²) in [7, 11) is 0. The summed E-state index contributed by atoms with van der Waals surface area (Å²) >= 11 is 1.65.